The quantitative estimate of drug-likeness (QED) is 0.593. The summed E-state index contributed by atoms with van der Waals surface area (Å²) in [7, 11) is 1.09. The molecule has 0 radical (unpaired) electrons. The predicted octanol–water partition coefficient (Wildman–Crippen LogP) is 0.223. The van der Waals surface area contributed by atoms with Gasteiger partial charge < -0.3 is 15.4 Å². The zero-order valence-corrected chi connectivity index (χ0v) is 10.1. The van der Waals surface area contributed by atoms with Gasteiger partial charge in [-0.3, -0.25) is 9.59 Å². The number of hydrogen-bond acceptors (Lipinski definition) is 4. The van der Waals surface area contributed by atoms with Crippen LogP contribution in [-0.4, -0.2) is 31.4 Å². The molecule has 0 bridgehead atoms. The number of benzene rings is 1. The van der Waals surface area contributed by atoms with Gasteiger partial charge in [-0.25, -0.2) is 4.79 Å². The lowest BCUT2D eigenvalue weighted by Crippen LogP contribution is -2.37. The van der Waals surface area contributed by atoms with E-state index in [1.165, 1.54) is 0 Å². The van der Waals surface area contributed by atoms with E-state index in [9.17, 15) is 14.4 Å². The van der Waals surface area contributed by atoms with Gasteiger partial charge in [0.2, 0.25) is 5.91 Å². The summed E-state index contributed by atoms with van der Waals surface area (Å²) in [5, 5.41) is 4.71. The molecule has 2 amide bonds. The first-order chi connectivity index (χ1) is 8.52. The molecule has 6 heteroatoms. The third kappa shape index (κ3) is 4.25. The molecule has 2 N–H and O–H groups in total. The highest BCUT2D eigenvalue weighted by molar-refractivity contribution is 6.32. The molecular formula is C12H14N2O4. The summed E-state index contributed by atoms with van der Waals surface area (Å²) in [6, 6.07) is 7.19. The van der Waals surface area contributed by atoms with Gasteiger partial charge in [0.15, 0.2) is 0 Å². The van der Waals surface area contributed by atoms with Crippen LogP contribution >= 0.6 is 0 Å². The molecule has 1 aromatic rings. The van der Waals surface area contributed by atoms with Gasteiger partial charge in [0.05, 0.1) is 13.7 Å². The van der Waals surface area contributed by atoms with E-state index in [-0.39, 0.29) is 6.54 Å². The van der Waals surface area contributed by atoms with E-state index in [0.717, 1.165) is 12.7 Å². The van der Waals surface area contributed by atoms with E-state index in [1.54, 1.807) is 12.1 Å². The summed E-state index contributed by atoms with van der Waals surface area (Å²) in [4.78, 5) is 33.2. The first-order valence-corrected chi connectivity index (χ1v) is 5.25. The number of esters is 1. The number of ether oxygens (including phenoxy) is 1. The van der Waals surface area contributed by atoms with E-state index >= 15 is 0 Å². The minimum absolute atomic E-state index is 0.290. The molecule has 0 spiro atoms. The lowest BCUT2D eigenvalue weighted by Gasteiger charge is -2.06. The maximum atomic E-state index is 11.4. The number of methoxy groups -OCH3 is 1. The summed E-state index contributed by atoms with van der Waals surface area (Å²) < 4.78 is 4.19. The zero-order valence-electron chi connectivity index (χ0n) is 10.1. The van der Waals surface area contributed by atoms with Crippen molar-refractivity contribution in [3.63, 3.8) is 0 Å². The molecule has 0 aliphatic carbocycles. The third-order valence-corrected chi connectivity index (χ3v) is 2.12. The molecule has 1 aromatic carbocycles. The molecule has 0 atom stereocenters. The van der Waals surface area contributed by atoms with E-state index < -0.39 is 17.8 Å². The summed E-state index contributed by atoms with van der Waals surface area (Å²) in [5.74, 6) is -2.40. The summed E-state index contributed by atoms with van der Waals surface area (Å²) >= 11 is 0. The van der Waals surface area contributed by atoms with Crippen LogP contribution in [0.2, 0.25) is 0 Å². The van der Waals surface area contributed by atoms with Gasteiger partial charge in [-0.05, 0) is 19.1 Å². The van der Waals surface area contributed by atoms with Crippen molar-refractivity contribution in [2.45, 2.75) is 6.92 Å². The van der Waals surface area contributed by atoms with Gasteiger partial charge in [-0.15, -0.1) is 0 Å². The van der Waals surface area contributed by atoms with Crippen molar-refractivity contribution in [1.82, 2.24) is 5.32 Å². The summed E-state index contributed by atoms with van der Waals surface area (Å²) in [6.45, 7) is 1.64. The number of nitrogens with one attached hydrogen (secondary N) is 2. The molecule has 0 aliphatic rings. The van der Waals surface area contributed by atoms with Crippen LogP contribution in [0.4, 0.5) is 5.69 Å². The van der Waals surface area contributed by atoms with Crippen molar-refractivity contribution in [2.24, 2.45) is 0 Å². The highest BCUT2D eigenvalue weighted by atomic mass is 16.5. The lowest BCUT2D eigenvalue weighted by molar-refractivity contribution is -0.152. The molecule has 0 unspecified atom stereocenters. The third-order valence-electron chi connectivity index (χ3n) is 2.12. The maximum Gasteiger partial charge on any atom is 0.396 e. The minimum Gasteiger partial charge on any atom is -0.462 e. The number of aryl methyl sites for hydroxylation is 1. The van der Waals surface area contributed by atoms with Crippen molar-refractivity contribution >= 4 is 23.5 Å². The molecule has 0 heterocycles. The Morgan fingerprint density at radius 2 is 1.78 bits per heavy atom. The van der Waals surface area contributed by atoms with E-state index in [1.807, 2.05) is 19.1 Å². The molecule has 1 rings (SSSR count). The highest BCUT2D eigenvalue weighted by Gasteiger charge is 2.14. The van der Waals surface area contributed by atoms with Gasteiger partial charge >= 0.3 is 11.9 Å². The molecule has 0 aromatic heterocycles. The topological polar surface area (TPSA) is 84.5 Å². The summed E-state index contributed by atoms with van der Waals surface area (Å²) in [5.41, 5.74) is 1.70. The Morgan fingerprint density at radius 1 is 1.17 bits per heavy atom. The monoisotopic (exact) mass is 250 g/mol. The second kappa shape index (κ2) is 6.39. The Balaban J connectivity index is 2.40. The van der Waals surface area contributed by atoms with Crippen LogP contribution in [-0.2, 0) is 19.1 Å². The summed E-state index contributed by atoms with van der Waals surface area (Å²) in [6.07, 6.45) is 0. The first kappa shape index (κ1) is 13.7. The molecule has 18 heavy (non-hydrogen) atoms. The van der Waals surface area contributed by atoms with Crippen LogP contribution < -0.4 is 10.6 Å². The fourth-order valence-corrected chi connectivity index (χ4v) is 1.17. The van der Waals surface area contributed by atoms with Gasteiger partial charge in [0.25, 0.3) is 0 Å². The number of carbonyl (C=O) groups is 3. The van der Waals surface area contributed by atoms with Crippen molar-refractivity contribution in [3.05, 3.63) is 29.8 Å². The SMILES string of the molecule is COC(=O)C(=O)NCC(=O)Nc1ccc(C)cc1. The Morgan fingerprint density at radius 3 is 2.33 bits per heavy atom. The van der Waals surface area contributed by atoms with Crippen LogP contribution in [0, 0.1) is 6.92 Å². The average Bonchev–Trinajstić information content (AvgIpc) is 2.37. The standard InChI is InChI=1S/C12H14N2O4/c1-8-3-5-9(6-4-8)14-10(15)7-13-11(16)12(17)18-2/h3-6H,7H2,1-2H3,(H,13,16)(H,14,15). The smallest absolute Gasteiger partial charge is 0.396 e. The van der Waals surface area contributed by atoms with Crippen molar-refractivity contribution in [1.29, 1.82) is 0 Å². The number of amides is 2. The number of carbonyl (C=O) groups excluding carboxylic acids is 3. The van der Waals surface area contributed by atoms with Gasteiger partial charge in [-0.2, -0.15) is 0 Å². The Kier molecular flexibility index (Phi) is 4.86. The molecule has 0 aliphatic heterocycles. The maximum absolute atomic E-state index is 11.4. The Labute approximate surface area is 104 Å². The Hall–Kier alpha value is -2.37. The van der Waals surface area contributed by atoms with Crippen LogP contribution in [0.1, 0.15) is 5.56 Å². The minimum atomic E-state index is -1.03. The Bertz CT molecular complexity index is 454. The predicted molar refractivity (Wildman–Crippen MR) is 64.8 cm³/mol. The number of hydrogen-bond donors (Lipinski definition) is 2. The zero-order chi connectivity index (χ0) is 13.5. The fourth-order valence-electron chi connectivity index (χ4n) is 1.17. The fraction of sp³-hybridized carbons (Fsp3) is 0.250. The second-order valence-electron chi connectivity index (χ2n) is 3.59. The van der Waals surface area contributed by atoms with Crippen LogP contribution in [0.25, 0.3) is 0 Å². The van der Waals surface area contributed by atoms with E-state index in [0.29, 0.717) is 5.69 Å². The first-order valence-electron chi connectivity index (χ1n) is 5.25. The normalized spacial score (nSPS) is 9.44. The van der Waals surface area contributed by atoms with Crippen molar-refractivity contribution < 1.29 is 19.1 Å². The molecule has 6 nitrogen and oxygen atoms in total. The van der Waals surface area contributed by atoms with Crippen LogP contribution in [0.5, 0.6) is 0 Å². The average molecular weight is 250 g/mol. The molecule has 0 fully saturated rings. The lowest BCUT2D eigenvalue weighted by atomic mass is 10.2. The van der Waals surface area contributed by atoms with Gasteiger partial charge in [-0.1, -0.05) is 17.7 Å². The molecule has 96 valence electrons. The largest absolute Gasteiger partial charge is 0.462 e. The van der Waals surface area contributed by atoms with Crippen molar-refractivity contribution in [2.75, 3.05) is 19.0 Å². The second-order valence-corrected chi connectivity index (χ2v) is 3.59. The van der Waals surface area contributed by atoms with Crippen molar-refractivity contribution in [3.8, 4) is 0 Å². The van der Waals surface area contributed by atoms with E-state index in [2.05, 4.69) is 15.4 Å². The molecule has 0 saturated heterocycles. The van der Waals surface area contributed by atoms with E-state index in [4.69, 9.17) is 0 Å². The van der Waals surface area contributed by atoms with Gasteiger partial charge in [0.1, 0.15) is 0 Å². The number of rotatable bonds is 3. The number of anilines is 1. The molecule has 0 saturated carbocycles. The van der Waals surface area contributed by atoms with Gasteiger partial charge in [0, 0.05) is 5.69 Å². The van der Waals surface area contributed by atoms with Crippen LogP contribution in [0.3, 0.4) is 0 Å². The highest BCUT2D eigenvalue weighted by Crippen LogP contribution is 2.07. The van der Waals surface area contributed by atoms with Crippen LogP contribution in [0.15, 0.2) is 24.3 Å². The molecular weight excluding hydrogens is 236 g/mol.